The smallest absolute Gasteiger partial charge is 0.172 e. The van der Waals surface area contributed by atoms with Crippen LogP contribution in [0.15, 0.2) is 0 Å². The third-order valence-electron chi connectivity index (χ3n) is 3.90. The summed E-state index contributed by atoms with van der Waals surface area (Å²) in [6.07, 6.45) is 14.4. The van der Waals surface area contributed by atoms with Gasteiger partial charge in [-0.15, -0.1) is 0 Å². The predicted octanol–water partition coefficient (Wildman–Crippen LogP) is 5.02. The molecule has 0 radical (unpaired) electrons. The molecule has 0 aliphatic heterocycles. The van der Waals surface area contributed by atoms with Gasteiger partial charge in [-0.25, -0.2) is 0 Å². The van der Waals surface area contributed by atoms with E-state index in [1.54, 1.807) is 0 Å². The van der Waals surface area contributed by atoms with Crippen molar-refractivity contribution in [1.82, 2.24) is 0 Å². The zero-order valence-electron chi connectivity index (χ0n) is 14.7. The van der Waals surface area contributed by atoms with E-state index in [1.807, 2.05) is 13.8 Å². The Balaban J connectivity index is 3.39. The Kier molecular flexibility index (Phi) is 16.2. The van der Waals surface area contributed by atoms with Crippen LogP contribution in [0, 0.1) is 0 Å². The lowest BCUT2D eigenvalue weighted by Crippen LogP contribution is -2.38. The van der Waals surface area contributed by atoms with Crippen LogP contribution in [-0.2, 0) is 9.47 Å². The van der Waals surface area contributed by atoms with Gasteiger partial charge in [-0.2, -0.15) is 0 Å². The molecular formula is C18H39NO2. The lowest BCUT2D eigenvalue weighted by molar-refractivity contribution is -0.149. The molecule has 3 heteroatoms. The van der Waals surface area contributed by atoms with Crippen LogP contribution in [0.1, 0.15) is 91.4 Å². The summed E-state index contributed by atoms with van der Waals surface area (Å²) in [4.78, 5) is 0. The van der Waals surface area contributed by atoms with Crippen LogP contribution in [0.25, 0.3) is 0 Å². The fourth-order valence-corrected chi connectivity index (χ4v) is 2.63. The summed E-state index contributed by atoms with van der Waals surface area (Å²) in [6.45, 7) is 7.57. The van der Waals surface area contributed by atoms with Crippen LogP contribution < -0.4 is 5.73 Å². The molecule has 0 saturated heterocycles. The highest BCUT2D eigenvalue weighted by Gasteiger charge is 2.17. The number of ether oxygens (including phenoxy) is 2. The van der Waals surface area contributed by atoms with Crippen LogP contribution in [0.3, 0.4) is 0 Å². The van der Waals surface area contributed by atoms with E-state index in [0.29, 0.717) is 13.2 Å². The summed E-state index contributed by atoms with van der Waals surface area (Å²) in [5, 5.41) is 0. The first kappa shape index (κ1) is 20.9. The van der Waals surface area contributed by atoms with Crippen molar-refractivity contribution in [2.75, 3.05) is 13.2 Å². The maximum absolute atomic E-state index is 6.15. The van der Waals surface area contributed by atoms with Crippen LogP contribution in [0.4, 0.5) is 0 Å². The van der Waals surface area contributed by atoms with Crippen LogP contribution >= 0.6 is 0 Å². The zero-order valence-corrected chi connectivity index (χ0v) is 14.7. The molecule has 2 N–H and O–H groups in total. The van der Waals surface area contributed by atoms with Crippen molar-refractivity contribution in [1.29, 1.82) is 0 Å². The van der Waals surface area contributed by atoms with E-state index in [2.05, 4.69) is 6.92 Å². The van der Waals surface area contributed by atoms with Gasteiger partial charge in [0.2, 0.25) is 0 Å². The first-order chi connectivity index (χ1) is 10.3. The van der Waals surface area contributed by atoms with Crippen LogP contribution in [-0.4, -0.2) is 25.5 Å². The molecule has 0 aromatic rings. The Morgan fingerprint density at radius 1 is 0.667 bits per heavy atom. The summed E-state index contributed by atoms with van der Waals surface area (Å²) in [6, 6.07) is 0.0129. The Morgan fingerprint density at radius 3 is 1.52 bits per heavy atom. The van der Waals surface area contributed by atoms with Crippen LogP contribution in [0.2, 0.25) is 0 Å². The molecule has 1 atom stereocenters. The van der Waals surface area contributed by atoms with E-state index in [4.69, 9.17) is 15.2 Å². The molecule has 128 valence electrons. The maximum atomic E-state index is 6.15. The quantitative estimate of drug-likeness (QED) is 0.321. The first-order valence-electron chi connectivity index (χ1n) is 9.24. The van der Waals surface area contributed by atoms with Gasteiger partial charge in [0.1, 0.15) is 0 Å². The molecule has 0 heterocycles. The minimum absolute atomic E-state index is 0.0129. The van der Waals surface area contributed by atoms with Gasteiger partial charge in [0, 0.05) is 13.2 Å². The molecule has 3 nitrogen and oxygen atoms in total. The highest BCUT2D eigenvalue weighted by molar-refractivity contribution is 4.66. The lowest BCUT2D eigenvalue weighted by Gasteiger charge is -2.23. The summed E-state index contributed by atoms with van der Waals surface area (Å²) in [5.74, 6) is 0. The van der Waals surface area contributed by atoms with Crippen molar-refractivity contribution in [3.8, 4) is 0 Å². The largest absolute Gasteiger partial charge is 0.351 e. The summed E-state index contributed by atoms with van der Waals surface area (Å²) >= 11 is 0. The molecular weight excluding hydrogens is 262 g/mol. The molecule has 0 aromatic heterocycles. The van der Waals surface area contributed by atoms with Gasteiger partial charge in [-0.3, -0.25) is 0 Å². The molecule has 0 fully saturated rings. The molecule has 0 aliphatic carbocycles. The first-order valence-corrected chi connectivity index (χ1v) is 9.24. The normalized spacial score (nSPS) is 13.0. The number of nitrogens with two attached hydrogens (primary N) is 1. The van der Waals surface area contributed by atoms with Crippen molar-refractivity contribution < 1.29 is 9.47 Å². The number of hydrogen-bond acceptors (Lipinski definition) is 3. The minimum atomic E-state index is -0.224. The van der Waals surface area contributed by atoms with E-state index in [-0.39, 0.29) is 12.3 Å². The summed E-state index contributed by atoms with van der Waals surface area (Å²) in [7, 11) is 0. The summed E-state index contributed by atoms with van der Waals surface area (Å²) < 4.78 is 11.1. The second-order valence-electron chi connectivity index (χ2n) is 5.91. The Hall–Kier alpha value is -0.120. The average Bonchev–Trinajstić information content (AvgIpc) is 2.48. The van der Waals surface area contributed by atoms with Gasteiger partial charge in [0.25, 0.3) is 0 Å². The standard InChI is InChI=1S/C18H39NO2/c1-4-7-8-9-10-11-12-13-14-15-16-17(19)18(20-5-2)21-6-3/h17-18H,4-16,19H2,1-3H3. The topological polar surface area (TPSA) is 44.5 Å². The van der Waals surface area contributed by atoms with Crippen molar-refractivity contribution in [3.05, 3.63) is 0 Å². The molecule has 0 aliphatic rings. The Morgan fingerprint density at radius 2 is 1.10 bits per heavy atom. The number of rotatable bonds is 16. The van der Waals surface area contributed by atoms with Gasteiger partial charge < -0.3 is 15.2 Å². The highest BCUT2D eigenvalue weighted by Crippen LogP contribution is 2.13. The van der Waals surface area contributed by atoms with E-state index < -0.39 is 0 Å². The monoisotopic (exact) mass is 301 g/mol. The molecule has 0 amide bonds. The SMILES string of the molecule is CCCCCCCCCCCCC(N)C(OCC)OCC. The third-order valence-corrected chi connectivity index (χ3v) is 3.90. The molecule has 0 spiro atoms. The van der Waals surface area contributed by atoms with E-state index >= 15 is 0 Å². The van der Waals surface area contributed by atoms with Crippen molar-refractivity contribution >= 4 is 0 Å². The Labute approximate surface area is 133 Å². The molecule has 0 rings (SSSR count). The van der Waals surface area contributed by atoms with Crippen molar-refractivity contribution in [2.24, 2.45) is 5.73 Å². The van der Waals surface area contributed by atoms with E-state index in [0.717, 1.165) is 6.42 Å². The zero-order chi connectivity index (χ0) is 15.8. The van der Waals surface area contributed by atoms with Crippen molar-refractivity contribution in [3.63, 3.8) is 0 Å². The Bertz CT molecular complexity index is 194. The molecule has 0 saturated carbocycles. The summed E-state index contributed by atoms with van der Waals surface area (Å²) in [5.41, 5.74) is 6.15. The van der Waals surface area contributed by atoms with Gasteiger partial charge in [0.05, 0.1) is 6.04 Å². The molecule has 0 aromatic carbocycles. The number of unbranched alkanes of at least 4 members (excludes halogenated alkanes) is 9. The third kappa shape index (κ3) is 13.3. The van der Waals surface area contributed by atoms with E-state index in [1.165, 1.54) is 64.2 Å². The van der Waals surface area contributed by atoms with Gasteiger partial charge in [-0.1, -0.05) is 71.1 Å². The fourth-order valence-electron chi connectivity index (χ4n) is 2.63. The van der Waals surface area contributed by atoms with Gasteiger partial charge in [0.15, 0.2) is 6.29 Å². The maximum Gasteiger partial charge on any atom is 0.172 e. The number of hydrogen-bond donors (Lipinski definition) is 1. The highest BCUT2D eigenvalue weighted by atomic mass is 16.7. The van der Waals surface area contributed by atoms with Gasteiger partial charge in [-0.05, 0) is 20.3 Å². The molecule has 1 unspecified atom stereocenters. The average molecular weight is 302 g/mol. The van der Waals surface area contributed by atoms with Crippen LogP contribution in [0.5, 0.6) is 0 Å². The van der Waals surface area contributed by atoms with E-state index in [9.17, 15) is 0 Å². The lowest BCUT2D eigenvalue weighted by atomic mass is 10.0. The molecule has 21 heavy (non-hydrogen) atoms. The predicted molar refractivity (Wildman–Crippen MR) is 91.5 cm³/mol. The molecule has 0 bridgehead atoms. The van der Waals surface area contributed by atoms with Gasteiger partial charge >= 0.3 is 0 Å². The minimum Gasteiger partial charge on any atom is -0.351 e. The fraction of sp³-hybridized carbons (Fsp3) is 1.00. The second kappa shape index (κ2) is 16.3. The van der Waals surface area contributed by atoms with Crippen molar-refractivity contribution in [2.45, 2.75) is 104 Å². The second-order valence-corrected chi connectivity index (χ2v) is 5.91.